The number of pyridine rings is 1. The van der Waals surface area contributed by atoms with E-state index >= 15 is 0 Å². The average molecular weight is 286 g/mol. The van der Waals surface area contributed by atoms with Crippen LogP contribution in [-0.4, -0.2) is 17.4 Å². The lowest BCUT2D eigenvalue weighted by atomic mass is 10.2. The molecule has 5 heteroatoms. The largest absolute Gasteiger partial charge is 0.307 e. The highest BCUT2D eigenvalue weighted by Gasteiger charge is 2.19. The Kier molecular flexibility index (Phi) is 4.70. The molecular formula is C15H12ClN3O. The number of amides is 1. The second kappa shape index (κ2) is 6.69. The summed E-state index contributed by atoms with van der Waals surface area (Å²) in [5.74, 6) is -0.237. The minimum absolute atomic E-state index is 0.237. The van der Waals surface area contributed by atoms with Crippen molar-refractivity contribution in [2.45, 2.75) is 6.42 Å². The summed E-state index contributed by atoms with van der Waals surface area (Å²) in [5.41, 5.74) is 1.11. The summed E-state index contributed by atoms with van der Waals surface area (Å²) in [6.45, 7) is 0.317. The van der Waals surface area contributed by atoms with Crippen LogP contribution in [0.5, 0.6) is 0 Å². The smallest absolute Gasteiger partial charge is 0.259 e. The van der Waals surface area contributed by atoms with E-state index in [1.54, 1.807) is 11.0 Å². The highest BCUT2D eigenvalue weighted by molar-refractivity contribution is 6.34. The van der Waals surface area contributed by atoms with E-state index in [1.807, 2.05) is 36.4 Å². The molecule has 2 aromatic rings. The maximum atomic E-state index is 12.6. The van der Waals surface area contributed by atoms with Crippen molar-refractivity contribution in [1.29, 1.82) is 5.26 Å². The molecule has 0 radical (unpaired) electrons. The first-order chi connectivity index (χ1) is 9.74. The van der Waals surface area contributed by atoms with Gasteiger partial charge in [0, 0.05) is 24.6 Å². The fourth-order valence-corrected chi connectivity index (χ4v) is 2.01. The predicted octanol–water partition coefficient (Wildman–Crippen LogP) is 3.30. The Labute approximate surface area is 122 Å². The number of nitriles is 1. The highest BCUT2D eigenvalue weighted by Crippen LogP contribution is 2.21. The Hall–Kier alpha value is -2.38. The predicted molar refractivity (Wildman–Crippen MR) is 77.6 cm³/mol. The topological polar surface area (TPSA) is 57.0 Å². The van der Waals surface area contributed by atoms with Crippen LogP contribution in [0.3, 0.4) is 0 Å². The number of aromatic nitrogens is 1. The van der Waals surface area contributed by atoms with E-state index in [0.29, 0.717) is 17.1 Å². The molecule has 1 aromatic carbocycles. The van der Waals surface area contributed by atoms with Crippen LogP contribution in [0, 0.1) is 11.3 Å². The number of carbonyl (C=O) groups is 1. The Morgan fingerprint density at radius 2 is 2.05 bits per heavy atom. The number of nitrogens with zero attached hydrogens (tertiary/aromatic N) is 3. The number of anilines is 1. The summed E-state index contributed by atoms with van der Waals surface area (Å²) in [6, 6.07) is 12.8. The fraction of sp³-hybridized carbons (Fsp3) is 0.133. The van der Waals surface area contributed by atoms with Gasteiger partial charge in [-0.1, -0.05) is 29.8 Å². The van der Waals surface area contributed by atoms with E-state index in [4.69, 9.17) is 16.9 Å². The molecule has 0 saturated heterocycles. The number of hydrogen-bond donors (Lipinski definition) is 0. The summed E-state index contributed by atoms with van der Waals surface area (Å²) in [5, 5.41) is 9.05. The molecule has 0 unspecified atom stereocenters. The third-order valence-corrected chi connectivity index (χ3v) is 3.06. The van der Waals surface area contributed by atoms with Gasteiger partial charge in [-0.15, -0.1) is 0 Å². The molecule has 0 spiro atoms. The van der Waals surface area contributed by atoms with Gasteiger partial charge in [0.1, 0.15) is 0 Å². The van der Waals surface area contributed by atoms with E-state index in [0.717, 1.165) is 5.69 Å². The molecule has 0 atom stereocenters. The normalized spacial score (nSPS) is 9.80. The molecule has 1 aromatic heterocycles. The molecule has 100 valence electrons. The van der Waals surface area contributed by atoms with E-state index < -0.39 is 0 Å². The number of benzene rings is 1. The molecular weight excluding hydrogens is 274 g/mol. The van der Waals surface area contributed by atoms with Crippen LogP contribution >= 0.6 is 11.6 Å². The SMILES string of the molecule is N#CCCN(C(=O)c1ccncc1Cl)c1ccccc1. The van der Waals surface area contributed by atoms with Crippen LogP contribution < -0.4 is 4.90 Å². The summed E-state index contributed by atoms with van der Waals surface area (Å²) >= 11 is 6.01. The zero-order valence-corrected chi connectivity index (χ0v) is 11.4. The van der Waals surface area contributed by atoms with E-state index in [2.05, 4.69) is 4.98 Å². The monoisotopic (exact) mass is 285 g/mol. The van der Waals surface area contributed by atoms with Gasteiger partial charge >= 0.3 is 0 Å². The molecule has 0 saturated carbocycles. The Morgan fingerprint density at radius 3 is 2.70 bits per heavy atom. The van der Waals surface area contributed by atoms with Crippen molar-refractivity contribution in [3.8, 4) is 6.07 Å². The van der Waals surface area contributed by atoms with Gasteiger partial charge in [-0.3, -0.25) is 9.78 Å². The molecule has 4 nitrogen and oxygen atoms in total. The standard InChI is InChI=1S/C15H12ClN3O/c16-14-11-18-9-7-13(14)15(20)19(10-4-8-17)12-5-2-1-3-6-12/h1-3,5-7,9,11H,4,10H2. The van der Waals surface area contributed by atoms with Gasteiger partial charge < -0.3 is 4.90 Å². The van der Waals surface area contributed by atoms with Crippen LogP contribution in [-0.2, 0) is 0 Å². The number of rotatable bonds is 4. The van der Waals surface area contributed by atoms with E-state index in [-0.39, 0.29) is 12.3 Å². The van der Waals surface area contributed by atoms with Crippen LogP contribution in [0.25, 0.3) is 0 Å². The molecule has 0 fully saturated rings. The lowest BCUT2D eigenvalue weighted by Gasteiger charge is -2.22. The Bertz CT molecular complexity index is 637. The zero-order valence-electron chi connectivity index (χ0n) is 10.7. The molecule has 20 heavy (non-hydrogen) atoms. The lowest BCUT2D eigenvalue weighted by molar-refractivity contribution is 0.0987. The minimum Gasteiger partial charge on any atom is -0.307 e. The molecule has 0 aliphatic heterocycles. The second-order valence-electron chi connectivity index (χ2n) is 4.06. The Morgan fingerprint density at radius 1 is 1.30 bits per heavy atom. The summed E-state index contributed by atoms with van der Waals surface area (Å²) in [6.07, 6.45) is 3.21. The fourth-order valence-electron chi connectivity index (χ4n) is 1.81. The molecule has 1 heterocycles. The number of hydrogen-bond acceptors (Lipinski definition) is 3. The number of para-hydroxylation sites is 1. The molecule has 1 amide bonds. The maximum Gasteiger partial charge on any atom is 0.259 e. The van der Waals surface area contributed by atoms with E-state index in [9.17, 15) is 4.79 Å². The average Bonchev–Trinajstić information content (AvgIpc) is 2.49. The molecule has 0 aliphatic rings. The quantitative estimate of drug-likeness (QED) is 0.866. The van der Waals surface area contributed by atoms with Crippen molar-refractivity contribution in [1.82, 2.24) is 4.98 Å². The summed E-state index contributed by atoms with van der Waals surface area (Å²) in [4.78, 5) is 18.0. The van der Waals surface area contributed by atoms with Crippen molar-refractivity contribution in [3.63, 3.8) is 0 Å². The van der Waals surface area contributed by atoms with Gasteiger partial charge in [0.25, 0.3) is 5.91 Å². The minimum atomic E-state index is -0.237. The number of carbonyl (C=O) groups excluding carboxylic acids is 1. The van der Waals surface area contributed by atoms with Crippen LogP contribution in [0.4, 0.5) is 5.69 Å². The third kappa shape index (κ3) is 3.14. The first kappa shape index (κ1) is 14.0. The van der Waals surface area contributed by atoms with Crippen LogP contribution in [0.1, 0.15) is 16.8 Å². The van der Waals surface area contributed by atoms with Gasteiger partial charge in [0.2, 0.25) is 0 Å². The van der Waals surface area contributed by atoms with Crippen molar-refractivity contribution in [2.24, 2.45) is 0 Å². The third-order valence-electron chi connectivity index (χ3n) is 2.76. The Balaban J connectivity index is 2.35. The van der Waals surface area contributed by atoms with Crippen LogP contribution in [0.2, 0.25) is 5.02 Å². The van der Waals surface area contributed by atoms with Gasteiger partial charge in [-0.05, 0) is 18.2 Å². The summed E-state index contributed by atoms with van der Waals surface area (Å²) < 4.78 is 0. The lowest BCUT2D eigenvalue weighted by Crippen LogP contribution is -2.32. The molecule has 0 bridgehead atoms. The molecule has 2 rings (SSSR count). The highest BCUT2D eigenvalue weighted by atomic mass is 35.5. The first-order valence-electron chi connectivity index (χ1n) is 6.07. The maximum absolute atomic E-state index is 12.6. The van der Waals surface area contributed by atoms with Crippen molar-refractivity contribution >= 4 is 23.2 Å². The summed E-state index contributed by atoms with van der Waals surface area (Å²) in [7, 11) is 0. The van der Waals surface area contributed by atoms with Crippen molar-refractivity contribution < 1.29 is 4.79 Å². The van der Waals surface area contributed by atoms with Gasteiger partial charge in [0.05, 0.1) is 23.1 Å². The molecule has 0 aliphatic carbocycles. The van der Waals surface area contributed by atoms with Crippen molar-refractivity contribution in [3.05, 3.63) is 59.4 Å². The van der Waals surface area contributed by atoms with Gasteiger partial charge in [-0.2, -0.15) is 5.26 Å². The van der Waals surface area contributed by atoms with E-state index in [1.165, 1.54) is 12.4 Å². The zero-order chi connectivity index (χ0) is 14.4. The molecule has 0 N–H and O–H groups in total. The van der Waals surface area contributed by atoms with Crippen molar-refractivity contribution in [2.75, 3.05) is 11.4 Å². The second-order valence-corrected chi connectivity index (χ2v) is 4.46. The van der Waals surface area contributed by atoms with Gasteiger partial charge in [0.15, 0.2) is 0 Å². The first-order valence-corrected chi connectivity index (χ1v) is 6.45. The van der Waals surface area contributed by atoms with Crippen LogP contribution in [0.15, 0.2) is 48.8 Å². The number of halogens is 1. The van der Waals surface area contributed by atoms with Gasteiger partial charge in [-0.25, -0.2) is 0 Å².